The van der Waals surface area contributed by atoms with Gasteiger partial charge in [-0.05, 0) is 6.42 Å². The van der Waals surface area contributed by atoms with Crippen LogP contribution in [0.4, 0.5) is 8.78 Å². The first-order valence-corrected chi connectivity index (χ1v) is 7.61. The van der Waals surface area contributed by atoms with E-state index in [1.807, 2.05) is 0 Å². The third-order valence-corrected chi connectivity index (χ3v) is 3.46. The van der Waals surface area contributed by atoms with E-state index in [0.29, 0.717) is 6.42 Å². The van der Waals surface area contributed by atoms with Gasteiger partial charge < -0.3 is 9.84 Å². The van der Waals surface area contributed by atoms with Crippen molar-refractivity contribution in [1.29, 1.82) is 0 Å². The third-order valence-electron chi connectivity index (χ3n) is 3.46. The Bertz CT molecular complexity index is 258. The fourth-order valence-electron chi connectivity index (χ4n) is 2.10. The van der Waals surface area contributed by atoms with E-state index in [-0.39, 0.29) is 6.42 Å². The second-order valence-electron chi connectivity index (χ2n) is 5.25. The number of carbonyl (C=O) groups is 1. The molecule has 3 nitrogen and oxygen atoms in total. The molecule has 0 saturated heterocycles. The quantitative estimate of drug-likeness (QED) is 0.436. The molecular weight excluding hydrogens is 266 g/mol. The van der Waals surface area contributed by atoms with Gasteiger partial charge in [0.2, 0.25) is 0 Å². The maximum absolute atomic E-state index is 13.2. The molecule has 0 fully saturated rings. The Morgan fingerprint density at radius 2 is 1.50 bits per heavy atom. The summed E-state index contributed by atoms with van der Waals surface area (Å²) in [6.45, 7) is 2.18. The normalized spacial score (nSPS) is 13.2. The number of unbranched alkanes of at least 4 members (excludes halogenated alkanes) is 8. The summed E-state index contributed by atoms with van der Waals surface area (Å²) in [7, 11) is 0.890. The van der Waals surface area contributed by atoms with Gasteiger partial charge in [-0.15, -0.1) is 0 Å². The summed E-state index contributed by atoms with van der Waals surface area (Å²) >= 11 is 0. The van der Waals surface area contributed by atoms with Gasteiger partial charge in [-0.3, -0.25) is 0 Å². The highest BCUT2D eigenvalue weighted by molar-refractivity contribution is 5.78. The number of hydrogen-bond donors (Lipinski definition) is 1. The number of ether oxygens (including phenoxy) is 1. The highest BCUT2D eigenvalue weighted by Crippen LogP contribution is 2.24. The zero-order valence-electron chi connectivity index (χ0n) is 12.7. The molecule has 0 aromatic heterocycles. The van der Waals surface area contributed by atoms with Crippen molar-refractivity contribution in [3.63, 3.8) is 0 Å². The number of hydrogen-bond acceptors (Lipinski definition) is 3. The van der Waals surface area contributed by atoms with Gasteiger partial charge in [-0.2, -0.15) is 8.78 Å². The fourth-order valence-corrected chi connectivity index (χ4v) is 2.10. The zero-order valence-corrected chi connectivity index (χ0v) is 12.7. The molecule has 0 heterocycles. The number of carbonyl (C=O) groups excluding carboxylic acids is 1. The van der Waals surface area contributed by atoms with Crippen LogP contribution in [0.5, 0.6) is 0 Å². The summed E-state index contributed by atoms with van der Waals surface area (Å²) in [5.74, 6) is -5.46. The van der Waals surface area contributed by atoms with Gasteiger partial charge in [-0.1, -0.05) is 64.7 Å². The van der Waals surface area contributed by atoms with Crippen molar-refractivity contribution in [2.75, 3.05) is 7.11 Å². The molecule has 1 unspecified atom stereocenters. The van der Waals surface area contributed by atoms with Crippen molar-refractivity contribution in [2.24, 2.45) is 0 Å². The van der Waals surface area contributed by atoms with Crippen LogP contribution in [-0.2, 0) is 9.53 Å². The zero-order chi connectivity index (χ0) is 15.4. The van der Waals surface area contributed by atoms with Gasteiger partial charge in [0.1, 0.15) is 6.10 Å². The summed E-state index contributed by atoms with van der Waals surface area (Å²) < 4.78 is 30.4. The summed E-state index contributed by atoms with van der Waals surface area (Å²) in [6, 6.07) is 0. The molecule has 0 aliphatic carbocycles. The van der Waals surface area contributed by atoms with E-state index in [2.05, 4.69) is 11.7 Å². The average molecular weight is 294 g/mol. The SMILES string of the molecule is CCCCCCCCCCCC(O)C(F)(F)C(=O)OC. The fraction of sp³-hybridized carbons (Fsp3) is 0.933. The topological polar surface area (TPSA) is 46.5 Å². The molecule has 0 amide bonds. The van der Waals surface area contributed by atoms with Crippen LogP contribution in [0.15, 0.2) is 0 Å². The molecule has 1 N–H and O–H groups in total. The Labute approximate surface area is 120 Å². The van der Waals surface area contributed by atoms with Crippen LogP contribution in [0.2, 0.25) is 0 Å². The Hall–Kier alpha value is -0.710. The smallest absolute Gasteiger partial charge is 0.379 e. The first kappa shape index (κ1) is 19.3. The lowest BCUT2D eigenvalue weighted by Gasteiger charge is -2.19. The number of rotatable bonds is 12. The minimum absolute atomic E-state index is 0.0715. The molecule has 0 saturated carbocycles. The predicted molar refractivity (Wildman–Crippen MR) is 74.8 cm³/mol. The maximum atomic E-state index is 13.2. The van der Waals surface area contributed by atoms with Crippen LogP contribution in [0, 0.1) is 0 Å². The first-order chi connectivity index (χ1) is 9.46. The van der Waals surface area contributed by atoms with Gasteiger partial charge in [0.25, 0.3) is 0 Å². The lowest BCUT2D eigenvalue weighted by atomic mass is 10.0. The Morgan fingerprint density at radius 3 is 1.95 bits per heavy atom. The van der Waals surface area contributed by atoms with Crippen LogP contribution in [0.3, 0.4) is 0 Å². The summed E-state index contributed by atoms with van der Waals surface area (Å²) in [5, 5.41) is 9.33. The molecule has 0 bridgehead atoms. The number of aliphatic hydroxyl groups is 1. The van der Waals surface area contributed by atoms with Gasteiger partial charge in [0.05, 0.1) is 7.11 Å². The molecule has 5 heteroatoms. The molecule has 0 aliphatic heterocycles. The minimum Gasteiger partial charge on any atom is -0.465 e. The molecule has 0 aromatic carbocycles. The molecule has 120 valence electrons. The van der Waals surface area contributed by atoms with Crippen molar-refractivity contribution < 1.29 is 23.4 Å². The monoisotopic (exact) mass is 294 g/mol. The Morgan fingerprint density at radius 1 is 1.05 bits per heavy atom. The van der Waals surface area contributed by atoms with Gasteiger partial charge in [0, 0.05) is 0 Å². The van der Waals surface area contributed by atoms with Crippen molar-refractivity contribution in [2.45, 2.75) is 83.2 Å². The molecule has 0 rings (SSSR count). The second-order valence-corrected chi connectivity index (χ2v) is 5.25. The van der Waals surface area contributed by atoms with Crippen LogP contribution < -0.4 is 0 Å². The van der Waals surface area contributed by atoms with E-state index in [1.165, 1.54) is 32.1 Å². The molecule has 0 aromatic rings. The number of alkyl halides is 2. The van der Waals surface area contributed by atoms with E-state index in [4.69, 9.17) is 0 Å². The Kier molecular flexibility index (Phi) is 10.6. The second kappa shape index (κ2) is 11.0. The molecular formula is C15H28F2O3. The number of aliphatic hydroxyl groups excluding tert-OH is 1. The van der Waals surface area contributed by atoms with E-state index >= 15 is 0 Å². The van der Waals surface area contributed by atoms with E-state index in [9.17, 15) is 18.7 Å². The van der Waals surface area contributed by atoms with E-state index in [1.54, 1.807) is 0 Å². The largest absolute Gasteiger partial charge is 0.465 e. The molecule has 0 radical (unpaired) electrons. The summed E-state index contributed by atoms with van der Waals surface area (Å²) in [6.07, 6.45) is 7.57. The van der Waals surface area contributed by atoms with Crippen molar-refractivity contribution in [1.82, 2.24) is 0 Å². The van der Waals surface area contributed by atoms with Crippen molar-refractivity contribution in [3.8, 4) is 0 Å². The summed E-state index contributed by atoms with van der Waals surface area (Å²) in [5.41, 5.74) is 0. The van der Waals surface area contributed by atoms with Crippen molar-refractivity contribution >= 4 is 5.97 Å². The lowest BCUT2D eigenvalue weighted by Crippen LogP contribution is -2.42. The van der Waals surface area contributed by atoms with Gasteiger partial charge in [0.15, 0.2) is 0 Å². The highest BCUT2D eigenvalue weighted by Gasteiger charge is 2.47. The van der Waals surface area contributed by atoms with Crippen molar-refractivity contribution in [3.05, 3.63) is 0 Å². The summed E-state index contributed by atoms with van der Waals surface area (Å²) in [4.78, 5) is 10.8. The van der Waals surface area contributed by atoms with Gasteiger partial charge in [-0.25, -0.2) is 4.79 Å². The van der Waals surface area contributed by atoms with Crippen LogP contribution in [-0.4, -0.2) is 30.2 Å². The highest BCUT2D eigenvalue weighted by atomic mass is 19.3. The maximum Gasteiger partial charge on any atom is 0.379 e. The molecule has 1 atom stereocenters. The van der Waals surface area contributed by atoms with Crippen LogP contribution in [0.1, 0.15) is 71.1 Å². The van der Waals surface area contributed by atoms with Crippen LogP contribution in [0.25, 0.3) is 0 Å². The van der Waals surface area contributed by atoms with E-state index in [0.717, 1.165) is 26.4 Å². The molecule has 20 heavy (non-hydrogen) atoms. The Balaban J connectivity index is 3.57. The van der Waals surface area contributed by atoms with Crippen LogP contribution >= 0.6 is 0 Å². The molecule has 0 aliphatic rings. The molecule has 0 spiro atoms. The number of halogens is 2. The first-order valence-electron chi connectivity index (χ1n) is 7.61. The van der Waals surface area contributed by atoms with E-state index < -0.39 is 18.0 Å². The standard InChI is InChI=1S/C15H28F2O3/c1-3-4-5-6-7-8-9-10-11-12-13(18)15(16,17)14(19)20-2/h13,18H,3-12H2,1-2H3. The lowest BCUT2D eigenvalue weighted by molar-refractivity contribution is -0.186. The predicted octanol–water partition coefficient (Wildman–Crippen LogP) is 4.08. The third kappa shape index (κ3) is 7.78. The number of esters is 1. The minimum atomic E-state index is -3.80. The number of methoxy groups -OCH3 is 1. The van der Waals surface area contributed by atoms with Gasteiger partial charge >= 0.3 is 11.9 Å². The average Bonchev–Trinajstić information content (AvgIpc) is 2.44.